The van der Waals surface area contributed by atoms with Gasteiger partial charge < -0.3 is 35.6 Å². The summed E-state index contributed by atoms with van der Waals surface area (Å²) in [5.74, 6) is 3.84. The Kier molecular flexibility index (Phi) is 11.4. The van der Waals surface area contributed by atoms with Crippen molar-refractivity contribution in [2.45, 2.75) is 76.5 Å². The lowest BCUT2D eigenvalue weighted by Gasteiger charge is -2.31. The lowest BCUT2D eigenvalue weighted by molar-refractivity contribution is -0.136. The fourth-order valence-electron chi connectivity index (χ4n) is 8.72. The predicted molar refractivity (Wildman–Crippen MR) is 224 cm³/mol. The van der Waals surface area contributed by atoms with Crippen LogP contribution in [0.3, 0.4) is 0 Å². The van der Waals surface area contributed by atoms with Crippen molar-refractivity contribution in [3.8, 4) is 33.6 Å². The van der Waals surface area contributed by atoms with E-state index in [0.717, 1.165) is 113 Å². The second-order valence-corrected chi connectivity index (χ2v) is 17.2. The quantitative estimate of drug-likeness (QED) is 0.113. The molecule has 12 nitrogen and oxygen atoms in total. The van der Waals surface area contributed by atoms with E-state index in [0.29, 0.717) is 6.54 Å². The number of H-pyrrole nitrogens is 2. The lowest BCUT2D eigenvalue weighted by Crippen LogP contribution is -2.51. The number of aromatic amines is 2. The molecule has 5 aromatic rings. The lowest BCUT2D eigenvalue weighted by atomic mass is 9.93. The average Bonchev–Trinajstić information content (AvgIpc) is 4.09. The van der Waals surface area contributed by atoms with Crippen LogP contribution in [-0.2, 0) is 14.3 Å². The summed E-state index contributed by atoms with van der Waals surface area (Å²) in [6.07, 6.45) is 8.60. The van der Waals surface area contributed by atoms with E-state index in [1.54, 1.807) is 0 Å². The Morgan fingerprint density at radius 2 is 1.28 bits per heavy atom. The number of rotatable bonds is 10. The van der Waals surface area contributed by atoms with Gasteiger partial charge in [0.2, 0.25) is 11.8 Å². The molecular formula is C44H52N8O4S. The number of hydrogen-bond donors (Lipinski definition) is 4. The summed E-state index contributed by atoms with van der Waals surface area (Å²) in [4.78, 5) is 59.3. The fraction of sp³-hybridized carbons (Fsp3) is 0.432. The number of carbonyl (C=O) groups excluding carboxylic acids is 3. The molecule has 3 fully saturated rings. The van der Waals surface area contributed by atoms with Crippen LogP contribution in [-0.4, -0.2) is 91.4 Å². The van der Waals surface area contributed by atoms with Gasteiger partial charge in [-0.3, -0.25) is 9.59 Å². The third-order valence-corrected chi connectivity index (χ3v) is 13.1. The highest BCUT2D eigenvalue weighted by Crippen LogP contribution is 2.36. The molecule has 13 heteroatoms. The minimum absolute atomic E-state index is 0.0626. The van der Waals surface area contributed by atoms with Crippen LogP contribution in [0.15, 0.2) is 73.1 Å². The van der Waals surface area contributed by atoms with Crippen LogP contribution in [0.25, 0.3) is 44.4 Å². The van der Waals surface area contributed by atoms with Gasteiger partial charge in [-0.2, -0.15) is 11.8 Å². The molecule has 3 amide bonds. The first kappa shape index (κ1) is 38.7. The molecule has 3 saturated heterocycles. The van der Waals surface area contributed by atoms with E-state index in [9.17, 15) is 14.4 Å². The van der Waals surface area contributed by atoms with Crippen LogP contribution in [0.2, 0.25) is 0 Å². The van der Waals surface area contributed by atoms with Gasteiger partial charge in [0.1, 0.15) is 17.7 Å². The number of methoxy groups -OCH3 is 1. The van der Waals surface area contributed by atoms with Crippen LogP contribution in [0.4, 0.5) is 4.79 Å². The van der Waals surface area contributed by atoms with Gasteiger partial charge in [-0.05, 0) is 101 Å². The number of nitrogens with zero attached hydrogens (tertiary/aromatic N) is 4. The molecule has 3 aliphatic rings. The summed E-state index contributed by atoms with van der Waals surface area (Å²) in [5.41, 5.74) is 12.6. The maximum atomic E-state index is 13.6. The summed E-state index contributed by atoms with van der Waals surface area (Å²) in [5, 5.41) is 4.95. The zero-order chi connectivity index (χ0) is 39.6. The number of nitrogens with one attached hydrogen (secondary N) is 3. The Morgan fingerprint density at radius 3 is 1.88 bits per heavy atom. The van der Waals surface area contributed by atoms with Crippen LogP contribution >= 0.6 is 11.8 Å². The summed E-state index contributed by atoms with van der Waals surface area (Å²) < 4.78 is 4.77. The number of nitrogens with two attached hydrogens (primary N) is 1. The van der Waals surface area contributed by atoms with Gasteiger partial charge in [-0.1, -0.05) is 62.4 Å². The van der Waals surface area contributed by atoms with E-state index in [1.807, 2.05) is 47.8 Å². The van der Waals surface area contributed by atoms with Crippen LogP contribution < -0.4 is 11.1 Å². The smallest absolute Gasteiger partial charge is 0.407 e. The summed E-state index contributed by atoms with van der Waals surface area (Å²) >= 11 is 1.95. The highest BCUT2D eigenvalue weighted by molar-refractivity contribution is 7.99. The molecule has 57 heavy (non-hydrogen) atoms. The Balaban J connectivity index is 0.932. The monoisotopic (exact) mass is 788 g/mol. The molecule has 0 spiro atoms. The van der Waals surface area contributed by atoms with Gasteiger partial charge in [0.05, 0.1) is 49.0 Å². The molecule has 298 valence electrons. The maximum absolute atomic E-state index is 13.6. The molecule has 8 rings (SSSR count). The number of thioether (sulfide) groups is 1. The van der Waals surface area contributed by atoms with E-state index in [-0.39, 0.29) is 35.7 Å². The normalized spacial score (nSPS) is 19.9. The van der Waals surface area contributed by atoms with Crippen molar-refractivity contribution in [1.29, 1.82) is 0 Å². The minimum Gasteiger partial charge on any atom is -0.453 e. The van der Waals surface area contributed by atoms with Crippen LogP contribution in [0.1, 0.15) is 76.1 Å². The summed E-state index contributed by atoms with van der Waals surface area (Å²) in [7, 11) is 1.30. The number of aromatic nitrogens is 4. The highest BCUT2D eigenvalue weighted by Gasteiger charge is 2.39. The zero-order valence-electron chi connectivity index (χ0n) is 32.9. The van der Waals surface area contributed by atoms with E-state index in [1.165, 1.54) is 7.11 Å². The summed E-state index contributed by atoms with van der Waals surface area (Å²) in [6, 6.07) is 20.0. The SMILES string of the molecule is COC(=O)N[C@H](C(=O)N1CCC[C@H]1c1ncc(-c2ccc3cc(-c4ccc(-c5cnc(C6CCCN6C(=O)[C@@H](N)C6CCSCC6)[nH]5)cc4)ccc3c2)[nH]1)C(C)C. The second-order valence-electron chi connectivity index (χ2n) is 15.9. The first-order valence-corrected chi connectivity index (χ1v) is 21.4. The number of amides is 3. The number of fused-ring (bicyclic) bond motifs is 1. The fourth-order valence-corrected chi connectivity index (χ4v) is 9.86. The standard InChI is InChI=1S/C44H52N8O4S/c1-26(2)39(50-44(55)56-3)43(54)52-19-5-7-37(52)41-47-25-35(49-41)33-15-14-31-22-30(12-13-32(31)23-33)27-8-10-28(11-9-27)34-24-46-40(48-34)36-6-4-18-51(36)42(53)38(45)29-16-20-57-21-17-29/h8-15,22-26,29,36-39H,4-7,16-21,45H2,1-3H3,(H,46,48)(H,47,49)(H,50,55)/t36?,37-,38-,39-/m0/s1. The molecule has 1 unspecified atom stereocenters. The van der Waals surface area contributed by atoms with E-state index < -0.39 is 18.2 Å². The number of alkyl carbamates (subject to hydrolysis) is 1. The highest BCUT2D eigenvalue weighted by atomic mass is 32.2. The van der Waals surface area contributed by atoms with Crippen molar-refractivity contribution in [3.05, 3.63) is 84.7 Å². The third-order valence-electron chi connectivity index (χ3n) is 12.0. The minimum atomic E-state index is -0.678. The Hall–Kier alpha value is -5.14. The first-order valence-electron chi connectivity index (χ1n) is 20.2. The topological polar surface area (TPSA) is 162 Å². The molecule has 3 aliphatic heterocycles. The van der Waals surface area contributed by atoms with Gasteiger partial charge in [0.25, 0.3) is 0 Å². The Labute approximate surface area is 337 Å². The van der Waals surface area contributed by atoms with Gasteiger partial charge in [0.15, 0.2) is 0 Å². The van der Waals surface area contributed by atoms with E-state index in [2.05, 4.69) is 75.9 Å². The van der Waals surface area contributed by atoms with E-state index in [4.69, 9.17) is 20.4 Å². The zero-order valence-corrected chi connectivity index (χ0v) is 33.7. The molecular weight excluding hydrogens is 737 g/mol. The van der Waals surface area contributed by atoms with E-state index >= 15 is 0 Å². The van der Waals surface area contributed by atoms with Crippen molar-refractivity contribution >= 4 is 40.4 Å². The Morgan fingerprint density at radius 1 is 0.754 bits per heavy atom. The first-order chi connectivity index (χ1) is 27.7. The predicted octanol–water partition coefficient (Wildman–Crippen LogP) is 7.47. The van der Waals surface area contributed by atoms with Crippen molar-refractivity contribution in [2.75, 3.05) is 31.7 Å². The van der Waals surface area contributed by atoms with Gasteiger partial charge in [-0.15, -0.1) is 0 Å². The van der Waals surface area contributed by atoms with Crippen molar-refractivity contribution in [2.24, 2.45) is 17.6 Å². The third kappa shape index (κ3) is 8.04. The molecule has 0 radical (unpaired) electrons. The number of carbonyl (C=O) groups is 3. The van der Waals surface area contributed by atoms with Crippen molar-refractivity contribution in [3.63, 3.8) is 0 Å². The van der Waals surface area contributed by atoms with Crippen molar-refractivity contribution in [1.82, 2.24) is 35.1 Å². The van der Waals surface area contributed by atoms with Crippen LogP contribution in [0, 0.1) is 11.8 Å². The maximum Gasteiger partial charge on any atom is 0.407 e. The molecule has 2 aromatic heterocycles. The largest absolute Gasteiger partial charge is 0.453 e. The van der Waals surface area contributed by atoms with Crippen LogP contribution in [0.5, 0.6) is 0 Å². The summed E-state index contributed by atoms with van der Waals surface area (Å²) in [6.45, 7) is 5.15. The number of likely N-dealkylation sites (tertiary alicyclic amines) is 2. The van der Waals surface area contributed by atoms with Crippen molar-refractivity contribution < 1.29 is 19.1 Å². The number of hydrogen-bond acceptors (Lipinski definition) is 8. The molecule has 0 bridgehead atoms. The average molecular weight is 789 g/mol. The van der Waals surface area contributed by atoms with Gasteiger partial charge >= 0.3 is 6.09 Å². The van der Waals surface area contributed by atoms with Gasteiger partial charge in [0, 0.05) is 18.7 Å². The Bertz CT molecular complexity index is 2230. The number of benzene rings is 3. The van der Waals surface area contributed by atoms with Gasteiger partial charge in [-0.25, -0.2) is 14.8 Å². The second kappa shape index (κ2) is 16.8. The molecule has 3 aromatic carbocycles. The molecule has 5 N–H and O–H groups in total. The number of imidazole rings is 2. The number of ether oxygens (including phenoxy) is 1. The molecule has 4 atom stereocenters. The molecule has 5 heterocycles. The molecule has 0 aliphatic carbocycles. The molecule has 0 saturated carbocycles.